The van der Waals surface area contributed by atoms with Crippen LogP contribution in [0.4, 0.5) is 0 Å². The first-order valence-electron chi connectivity index (χ1n) is 12.3. The van der Waals surface area contributed by atoms with Gasteiger partial charge in [0.2, 0.25) is 17.7 Å². The lowest BCUT2D eigenvalue weighted by atomic mass is 9.81. The molecule has 0 bridgehead atoms. The van der Waals surface area contributed by atoms with Gasteiger partial charge >= 0.3 is 0 Å². The summed E-state index contributed by atoms with van der Waals surface area (Å²) in [6.07, 6.45) is 6.52. The number of rotatable bonds is 7. The molecule has 1 aliphatic carbocycles. The first-order valence-corrected chi connectivity index (χ1v) is 13.3. The van der Waals surface area contributed by atoms with Crippen molar-refractivity contribution in [2.24, 2.45) is 5.41 Å². The van der Waals surface area contributed by atoms with Crippen LogP contribution >= 0.6 is 11.8 Å². The molecule has 5 atom stereocenters. The number of nitrogens with zero attached hydrogens (tertiary/aromatic N) is 1. The van der Waals surface area contributed by atoms with Crippen molar-refractivity contribution in [2.45, 2.75) is 68.9 Å². The zero-order valence-corrected chi connectivity index (χ0v) is 21.0. The maximum Gasteiger partial charge on any atom is 0.246 e. The zero-order valence-electron chi connectivity index (χ0n) is 20.1. The molecule has 8 heteroatoms. The largest absolute Gasteiger partial charge is 0.349 e. The number of benzene rings is 1. The molecule has 4 rings (SSSR count). The minimum absolute atomic E-state index is 0.0000303. The fourth-order valence-electron chi connectivity index (χ4n) is 5.41. The number of aryl methyl sites for hydroxylation is 1. The molecule has 2 unspecified atom stereocenters. The van der Waals surface area contributed by atoms with Crippen molar-refractivity contribution in [3.05, 3.63) is 48.0 Å². The van der Waals surface area contributed by atoms with Gasteiger partial charge in [-0.05, 0) is 69.4 Å². The first kappa shape index (κ1) is 24.8. The van der Waals surface area contributed by atoms with Gasteiger partial charge in [0.25, 0.3) is 0 Å². The third-order valence-electron chi connectivity index (χ3n) is 7.52. The van der Waals surface area contributed by atoms with Crippen molar-refractivity contribution in [2.75, 3.05) is 19.3 Å². The van der Waals surface area contributed by atoms with E-state index in [0.29, 0.717) is 25.8 Å². The Morgan fingerprint density at radius 1 is 1.26 bits per heavy atom. The van der Waals surface area contributed by atoms with Gasteiger partial charge < -0.3 is 20.9 Å². The maximum absolute atomic E-state index is 13.8. The number of carbonyl (C=O) groups excluding carboxylic acids is 3. The van der Waals surface area contributed by atoms with Crippen LogP contribution in [-0.4, -0.2) is 59.4 Å². The number of thioether (sulfide) groups is 1. The molecule has 2 heterocycles. The third kappa shape index (κ3) is 4.89. The number of hydrogen-bond acceptors (Lipinski definition) is 5. The monoisotopic (exact) mass is 484 g/mol. The van der Waals surface area contributed by atoms with Crippen LogP contribution in [0.5, 0.6) is 0 Å². The topological polar surface area (TPSA) is 90.5 Å². The second kappa shape index (κ2) is 10.5. The van der Waals surface area contributed by atoms with E-state index in [1.54, 1.807) is 31.8 Å². The predicted molar refractivity (Wildman–Crippen MR) is 135 cm³/mol. The van der Waals surface area contributed by atoms with E-state index in [9.17, 15) is 14.4 Å². The summed E-state index contributed by atoms with van der Waals surface area (Å²) in [4.78, 5) is 41.5. The summed E-state index contributed by atoms with van der Waals surface area (Å²) in [5.74, 6) is 0.482. The molecule has 1 aromatic carbocycles. The van der Waals surface area contributed by atoms with Crippen molar-refractivity contribution in [1.29, 1.82) is 0 Å². The van der Waals surface area contributed by atoms with Crippen LogP contribution in [0.2, 0.25) is 0 Å². The van der Waals surface area contributed by atoms with E-state index in [-0.39, 0.29) is 35.2 Å². The van der Waals surface area contributed by atoms with E-state index in [2.05, 4.69) is 40.7 Å². The normalized spacial score (nSPS) is 29.4. The van der Waals surface area contributed by atoms with Gasteiger partial charge in [-0.15, -0.1) is 18.3 Å². The van der Waals surface area contributed by atoms with Crippen LogP contribution in [0, 0.1) is 5.41 Å². The van der Waals surface area contributed by atoms with Crippen LogP contribution in [0.1, 0.15) is 56.2 Å². The van der Waals surface area contributed by atoms with E-state index in [1.165, 1.54) is 11.1 Å². The average Bonchev–Trinajstić information content (AvgIpc) is 3.16. The number of amides is 3. The van der Waals surface area contributed by atoms with E-state index in [4.69, 9.17) is 0 Å². The maximum atomic E-state index is 13.8. The lowest BCUT2D eigenvalue weighted by Gasteiger charge is -2.32. The van der Waals surface area contributed by atoms with Gasteiger partial charge in [0, 0.05) is 6.54 Å². The third-order valence-corrected chi connectivity index (χ3v) is 8.80. The molecule has 0 radical (unpaired) electrons. The molecule has 2 saturated heterocycles. The molecule has 0 spiro atoms. The number of fused-ring (bicyclic) bond motifs is 2. The zero-order chi connectivity index (χ0) is 24.3. The summed E-state index contributed by atoms with van der Waals surface area (Å²) in [6.45, 7) is 6.04. The minimum Gasteiger partial charge on any atom is -0.349 e. The summed E-state index contributed by atoms with van der Waals surface area (Å²) in [6, 6.07) is 7.40. The molecule has 34 heavy (non-hydrogen) atoms. The highest BCUT2D eigenvalue weighted by atomic mass is 32.2. The van der Waals surface area contributed by atoms with E-state index in [1.807, 2.05) is 11.0 Å². The van der Waals surface area contributed by atoms with Crippen LogP contribution in [0.15, 0.2) is 36.9 Å². The highest BCUT2D eigenvalue weighted by Gasteiger charge is 2.52. The molecular weight excluding hydrogens is 448 g/mol. The number of hydrogen-bond donors (Lipinski definition) is 3. The lowest BCUT2D eigenvalue weighted by molar-refractivity contribution is -0.137. The smallest absolute Gasteiger partial charge is 0.246 e. The second-order valence-electron chi connectivity index (χ2n) is 9.75. The van der Waals surface area contributed by atoms with Gasteiger partial charge in [-0.25, -0.2) is 0 Å². The van der Waals surface area contributed by atoms with Gasteiger partial charge in [-0.3, -0.25) is 14.4 Å². The SMILES string of the molecule is C=CCC1(C(=O)N[C@@H]2CCCc3ccccc32)C[C@@H]2SCC[C@H](NC(=O)C(C)NC)C(=O)N2C1. The van der Waals surface area contributed by atoms with E-state index < -0.39 is 11.5 Å². The van der Waals surface area contributed by atoms with Gasteiger partial charge in [0.15, 0.2) is 0 Å². The minimum atomic E-state index is -0.703. The second-order valence-corrected chi connectivity index (χ2v) is 11.0. The Balaban J connectivity index is 1.51. The van der Waals surface area contributed by atoms with Crippen molar-refractivity contribution >= 4 is 29.5 Å². The first-order chi connectivity index (χ1) is 16.4. The Kier molecular flexibility index (Phi) is 7.67. The summed E-state index contributed by atoms with van der Waals surface area (Å²) >= 11 is 1.71. The fraction of sp³-hybridized carbons (Fsp3) is 0.577. The average molecular weight is 485 g/mol. The Morgan fingerprint density at radius 2 is 2.06 bits per heavy atom. The Hall–Kier alpha value is -2.32. The number of likely N-dealkylation sites (N-methyl/N-ethyl adjacent to an activating group) is 1. The number of nitrogens with one attached hydrogen (secondary N) is 3. The Labute approximate surface area is 206 Å². The molecule has 1 aromatic rings. The molecule has 7 nitrogen and oxygen atoms in total. The number of carbonyl (C=O) groups is 3. The Bertz CT molecular complexity index is 954. The Morgan fingerprint density at radius 3 is 2.82 bits per heavy atom. The number of allylic oxidation sites excluding steroid dienone is 1. The van der Waals surface area contributed by atoms with Crippen molar-refractivity contribution in [1.82, 2.24) is 20.9 Å². The standard InChI is InChI=1S/C26H36N4O3S/c1-4-13-26(25(33)29-20-11-7-9-18-8-5-6-10-19(18)20)15-22-30(16-26)24(32)21(12-14-34-22)28-23(31)17(2)27-3/h4-6,8,10,17,20-22,27H,1,7,9,11-16H2,2-3H3,(H,28,31)(H,29,33)/t17?,20-,21+,22+,26?/m1/s1. The van der Waals surface area contributed by atoms with Gasteiger partial charge in [-0.2, -0.15) is 0 Å². The summed E-state index contributed by atoms with van der Waals surface area (Å²) in [5.41, 5.74) is 1.80. The van der Waals surface area contributed by atoms with E-state index >= 15 is 0 Å². The fourth-order valence-corrected chi connectivity index (χ4v) is 6.85. The molecule has 2 fully saturated rings. The van der Waals surface area contributed by atoms with Crippen molar-refractivity contribution < 1.29 is 14.4 Å². The van der Waals surface area contributed by atoms with Crippen LogP contribution in [0.3, 0.4) is 0 Å². The van der Waals surface area contributed by atoms with Gasteiger partial charge in [-0.1, -0.05) is 30.3 Å². The van der Waals surface area contributed by atoms with Crippen LogP contribution in [-0.2, 0) is 20.8 Å². The van der Waals surface area contributed by atoms with Crippen LogP contribution in [0.25, 0.3) is 0 Å². The van der Waals surface area contributed by atoms with Crippen molar-refractivity contribution in [3.63, 3.8) is 0 Å². The predicted octanol–water partition coefficient (Wildman–Crippen LogP) is 2.53. The molecule has 3 amide bonds. The van der Waals surface area contributed by atoms with Gasteiger partial charge in [0.1, 0.15) is 6.04 Å². The highest BCUT2D eigenvalue weighted by molar-refractivity contribution is 7.99. The van der Waals surface area contributed by atoms with Crippen LogP contribution < -0.4 is 16.0 Å². The lowest BCUT2D eigenvalue weighted by Crippen LogP contribution is -2.53. The summed E-state index contributed by atoms with van der Waals surface area (Å²) in [7, 11) is 1.72. The van der Waals surface area contributed by atoms with E-state index in [0.717, 1.165) is 25.0 Å². The quantitative estimate of drug-likeness (QED) is 0.518. The molecule has 3 aliphatic rings. The van der Waals surface area contributed by atoms with Gasteiger partial charge in [0.05, 0.1) is 22.9 Å². The van der Waals surface area contributed by atoms with Crippen molar-refractivity contribution in [3.8, 4) is 0 Å². The molecule has 3 N–H and O–H groups in total. The molecule has 0 saturated carbocycles. The molecule has 2 aliphatic heterocycles. The summed E-state index contributed by atoms with van der Waals surface area (Å²) < 4.78 is 0. The molecule has 184 valence electrons. The molecule has 0 aromatic heterocycles. The highest BCUT2D eigenvalue weighted by Crippen LogP contribution is 2.45. The summed E-state index contributed by atoms with van der Waals surface area (Å²) in [5, 5.41) is 9.09. The molecular formula is C26H36N4O3S.